The number of benzene rings is 1. The molecule has 0 aliphatic carbocycles. The van der Waals surface area contributed by atoms with Crippen molar-refractivity contribution in [1.82, 2.24) is 0 Å². The molecular formula is C13H16O3. The van der Waals surface area contributed by atoms with Crippen molar-refractivity contribution in [2.75, 3.05) is 13.2 Å². The predicted molar refractivity (Wildman–Crippen MR) is 60.3 cm³/mol. The molecular weight excluding hydrogens is 204 g/mol. The van der Waals surface area contributed by atoms with Crippen molar-refractivity contribution >= 4 is 6.29 Å². The topological polar surface area (TPSA) is 46.5 Å². The maximum atomic E-state index is 10.7. The molecule has 2 atom stereocenters. The molecule has 1 fully saturated rings. The molecule has 86 valence electrons. The summed E-state index contributed by atoms with van der Waals surface area (Å²) < 4.78 is 5.29. The summed E-state index contributed by atoms with van der Waals surface area (Å²) in [5, 5.41) is 10.5. The van der Waals surface area contributed by atoms with E-state index in [9.17, 15) is 9.90 Å². The highest BCUT2D eigenvalue weighted by Gasteiger charge is 2.36. The first-order chi connectivity index (χ1) is 7.64. The van der Waals surface area contributed by atoms with Crippen molar-refractivity contribution in [2.24, 2.45) is 5.92 Å². The second-order valence-electron chi connectivity index (χ2n) is 4.45. The summed E-state index contributed by atoms with van der Waals surface area (Å²) in [7, 11) is 0. The van der Waals surface area contributed by atoms with E-state index in [0.717, 1.165) is 18.3 Å². The van der Waals surface area contributed by atoms with Gasteiger partial charge in [0.1, 0.15) is 6.29 Å². The fourth-order valence-electron chi connectivity index (χ4n) is 2.14. The lowest BCUT2D eigenvalue weighted by molar-refractivity contribution is -0.00972. The summed E-state index contributed by atoms with van der Waals surface area (Å²) in [5.41, 5.74) is 0.458. The third-order valence-electron chi connectivity index (χ3n) is 3.33. The van der Waals surface area contributed by atoms with Gasteiger partial charge in [-0.15, -0.1) is 0 Å². The van der Waals surface area contributed by atoms with Crippen LogP contribution in [0.15, 0.2) is 24.3 Å². The summed E-state index contributed by atoms with van der Waals surface area (Å²) in [6, 6.07) is 7.12. The Morgan fingerprint density at radius 1 is 1.56 bits per heavy atom. The molecule has 2 unspecified atom stereocenters. The minimum Gasteiger partial charge on any atom is -0.385 e. The van der Waals surface area contributed by atoms with Gasteiger partial charge in [-0.1, -0.05) is 18.2 Å². The number of hydrogen-bond donors (Lipinski definition) is 1. The van der Waals surface area contributed by atoms with Gasteiger partial charge in [0.15, 0.2) is 0 Å². The highest BCUT2D eigenvalue weighted by molar-refractivity contribution is 5.75. The van der Waals surface area contributed by atoms with Crippen molar-refractivity contribution in [3.05, 3.63) is 35.4 Å². The van der Waals surface area contributed by atoms with Gasteiger partial charge in [-0.3, -0.25) is 4.79 Å². The molecule has 1 aromatic rings. The Hall–Kier alpha value is -1.19. The van der Waals surface area contributed by atoms with E-state index in [4.69, 9.17) is 4.74 Å². The van der Waals surface area contributed by atoms with Gasteiger partial charge in [0.05, 0.1) is 12.2 Å². The van der Waals surface area contributed by atoms with Gasteiger partial charge in [0.2, 0.25) is 0 Å². The predicted octanol–water partition coefficient (Wildman–Crippen LogP) is 1.74. The number of carbonyl (C=O) groups excluding carboxylic acids is 1. The molecule has 1 aliphatic heterocycles. The number of ether oxygens (including phenoxy) is 1. The van der Waals surface area contributed by atoms with E-state index >= 15 is 0 Å². The summed E-state index contributed by atoms with van der Waals surface area (Å²) in [4.78, 5) is 10.7. The van der Waals surface area contributed by atoms with E-state index in [1.165, 1.54) is 0 Å². The molecule has 0 spiro atoms. The van der Waals surface area contributed by atoms with Crippen LogP contribution in [0.1, 0.15) is 29.3 Å². The van der Waals surface area contributed by atoms with E-state index in [1.807, 2.05) is 6.07 Å². The van der Waals surface area contributed by atoms with Crippen LogP contribution in [-0.4, -0.2) is 24.6 Å². The monoisotopic (exact) mass is 220 g/mol. The van der Waals surface area contributed by atoms with E-state index in [1.54, 1.807) is 25.1 Å². The van der Waals surface area contributed by atoms with Crippen LogP contribution in [-0.2, 0) is 10.3 Å². The molecule has 1 N–H and O–H groups in total. The van der Waals surface area contributed by atoms with Crippen LogP contribution >= 0.6 is 0 Å². The SMILES string of the molecule is CC(O)(c1cccc(C=O)c1)C1CCOC1. The van der Waals surface area contributed by atoms with Gasteiger partial charge in [-0.25, -0.2) is 0 Å². The Bertz CT molecular complexity index is 379. The van der Waals surface area contributed by atoms with Gasteiger partial charge in [-0.2, -0.15) is 0 Å². The zero-order valence-corrected chi connectivity index (χ0v) is 9.35. The smallest absolute Gasteiger partial charge is 0.150 e. The number of aldehydes is 1. The molecule has 2 rings (SSSR count). The first-order valence-corrected chi connectivity index (χ1v) is 5.50. The second-order valence-corrected chi connectivity index (χ2v) is 4.45. The zero-order chi connectivity index (χ0) is 11.6. The first-order valence-electron chi connectivity index (χ1n) is 5.50. The van der Waals surface area contributed by atoms with E-state index in [0.29, 0.717) is 18.8 Å². The minimum absolute atomic E-state index is 0.106. The molecule has 0 amide bonds. The van der Waals surface area contributed by atoms with Crippen LogP contribution in [0.2, 0.25) is 0 Å². The largest absolute Gasteiger partial charge is 0.385 e. The van der Waals surface area contributed by atoms with Gasteiger partial charge in [0, 0.05) is 18.1 Å². The average Bonchev–Trinajstić information content (AvgIpc) is 2.83. The van der Waals surface area contributed by atoms with Crippen LogP contribution < -0.4 is 0 Å². The lowest BCUT2D eigenvalue weighted by atomic mass is 9.82. The normalized spacial score (nSPS) is 24.0. The second kappa shape index (κ2) is 4.36. The van der Waals surface area contributed by atoms with Crippen LogP contribution in [0, 0.1) is 5.92 Å². The standard InChI is InChI=1S/C13H16O3/c1-13(15,12-5-6-16-9-12)11-4-2-3-10(7-11)8-14/h2-4,7-8,12,15H,5-6,9H2,1H3. The lowest BCUT2D eigenvalue weighted by Gasteiger charge is -2.29. The fourth-order valence-corrected chi connectivity index (χ4v) is 2.14. The van der Waals surface area contributed by atoms with E-state index < -0.39 is 5.60 Å². The van der Waals surface area contributed by atoms with Crippen molar-refractivity contribution in [2.45, 2.75) is 18.9 Å². The quantitative estimate of drug-likeness (QED) is 0.789. The number of rotatable bonds is 3. The lowest BCUT2D eigenvalue weighted by Crippen LogP contribution is -2.32. The highest BCUT2D eigenvalue weighted by Crippen LogP contribution is 2.34. The van der Waals surface area contributed by atoms with Crippen LogP contribution in [0.25, 0.3) is 0 Å². The average molecular weight is 220 g/mol. The van der Waals surface area contributed by atoms with Gasteiger partial charge in [0.25, 0.3) is 0 Å². The molecule has 0 aromatic heterocycles. The van der Waals surface area contributed by atoms with Crippen LogP contribution in [0.4, 0.5) is 0 Å². The van der Waals surface area contributed by atoms with Crippen LogP contribution in [0.3, 0.4) is 0 Å². The molecule has 3 heteroatoms. The third-order valence-corrected chi connectivity index (χ3v) is 3.33. The molecule has 0 radical (unpaired) electrons. The number of hydrogen-bond acceptors (Lipinski definition) is 3. The Morgan fingerprint density at radius 3 is 3.00 bits per heavy atom. The number of carbonyl (C=O) groups is 1. The molecule has 0 bridgehead atoms. The van der Waals surface area contributed by atoms with Gasteiger partial charge >= 0.3 is 0 Å². The van der Waals surface area contributed by atoms with Gasteiger partial charge in [-0.05, 0) is 25.0 Å². The molecule has 0 saturated carbocycles. The summed E-state index contributed by atoms with van der Waals surface area (Å²) >= 11 is 0. The Labute approximate surface area is 95.0 Å². The molecule has 1 aliphatic rings. The van der Waals surface area contributed by atoms with Crippen molar-refractivity contribution < 1.29 is 14.6 Å². The molecule has 16 heavy (non-hydrogen) atoms. The van der Waals surface area contributed by atoms with Crippen molar-refractivity contribution in [3.8, 4) is 0 Å². The Balaban J connectivity index is 2.29. The van der Waals surface area contributed by atoms with Crippen molar-refractivity contribution in [1.29, 1.82) is 0 Å². The van der Waals surface area contributed by atoms with Gasteiger partial charge < -0.3 is 9.84 Å². The number of aliphatic hydroxyl groups is 1. The van der Waals surface area contributed by atoms with E-state index in [2.05, 4.69) is 0 Å². The molecule has 3 nitrogen and oxygen atoms in total. The maximum Gasteiger partial charge on any atom is 0.150 e. The highest BCUT2D eigenvalue weighted by atomic mass is 16.5. The van der Waals surface area contributed by atoms with E-state index in [-0.39, 0.29) is 5.92 Å². The van der Waals surface area contributed by atoms with Crippen molar-refractivity contribution in [3.63, 3.8) is 0 Å². The maximum absolute atomic E-state index is 10.7. The third kappa shape index (κ3) is 2.01. The minimum atomic E-state index is -0.921. The Morgan fingerprint density at radius 2 is 2.38 bits per heavy atom. The first kappa shape index (κ1) is 11.3. The fraction of sp³-hybridized carbons (Fsp3) is 0.462. The zero-order valence-electron chi connectivity index (χ0n) is 9.35. The van der Waals surface area contributed by atoms with Crippen LogP contribution in [0.5, 0.6) is 0 Å². The molecule has 1 aromatic carbocycles. The molecule has 1 saturated heterocycles. The summed E-state index contributed by atoms with van der Waals surface area (Å²) in [6.45, 7) is 3.07. The Kier molecular flexibility index (Phi) is 3.08. The summed E-state index contributed by atoms with van der Waals surface area (Å²) in [6.07, 6.45) is 1.66. The molecule has 1 heterocycles. The summed E-state index contributed by atoms with van der Waals surface area (Å²) in [5.74, 6) is 0.106.